The first-order valence-electron chi connectivity index (χ1n) is 16.6. The number of hydrogen-bond acceptors (Lipinski definition) is 2. The molecule has 0 bridgehead atoms. The van der Waals surface area contributed by atoms with Gasteiger partial charge in [-0.2, -0.15) is 0 Å². The van der Waals surface area contributed by atoms with Gasteiger partial charge >= 0.3 is 0 Å². The third kappa shape index (κ3) is 3.76. The second-order valence-corrected chi connectivity index (χ2v) is 13.4. The molecule has 7 aromatic carbocycles. The monoisotopic (exact) mass is 616 g/mol. The maximum Gasteiger partial charge on any atom is 0.145 e. The van der Waals surface area contributed by atoms with Gasteiger partial charge in [-0.1, -0.05) is 105 Å². The van der Waals surface area contributed by atoms with Crippen LogP contribution in [0, 0.1) is 0 Å². The van der Waals surface area contributed by atoms with Crippen molar-refractivity contribution < 1.29 is 4.42 Å². The SMILES string of the molecule is CC1(C)c2cc(-c3ccc(N(c4ccccc4)c4ccccc4)cc3)ccc2-n2c3ccccc3c3c4oc5ccccc5c4cc1c32. The maximum absolute atomic E-state index is 6.61. The van der Waals surface area contributed by atoms with Gasteiger partial charge in [-0.25, -0.2) is 0 Å². The minimum absolute atomic E-state index is 0.238. The first-order chi connectivity index (χ1) is 23.6. The predicted octanol–water partition coefficient (Wildman–Crippen LogP) is 12.5. The molecule has 10 rings (SSSR count). The number of furan rings is 1. The van der Waals surface area contributed by atoms with E-state index in [4.69, 9.17) is 4.42 Å². The number of anilines is 3. The summed E-state index contributed by atoms with van der Waals surface area (Å²) < 4.78 is 9.08. The summed E-state index contributed by atoms with van der Waals surface area (Å²) in [6.07, 6.45) is 0. The molecule has 0 radical (unpaired) electrons. The Morgan fingerprint density at radius 1 is 0.521 bits per heavy atom. The average Bonchev–Trinajstić information content (AvgIpc) is 3.68. The number of rotatable bonds is 4. The largest absolute Gasteiger partial charge is 0.455 e. The minimum atomic E-state index is -0.238. The van der Waals surface area contributed by atoms with E-state index in [1.165, 1.54) is 55.1 Å². The Bertz CT molecular complexity index is 2640. The standard InChI is InChI=1S/C45H32N2O/c1-45(2)37-27-30(29-21-24-33(25-22-29)46(31-13-5-3-6-14-31)32-15-7-4-8-16-32)23-26-40(37)47-39-19-11-9-18-35(39)42-43(47)38(45)28-36-34-17-10-12-20-41(34)48-44(36)42/h3-28H,1-2H3. The molecule has 1 aliphatic heterocycles. The Morgan fingerprint density at radius 3 is 1.85 bits per heavy atom. The van der Waals surface area contributed by atoms with Crippen molar-refractivity contribution in [3.63, 3.8) is 0 Å². The predicted molar refractivity (Wildman–Crippen MR) is 200 cm³/mol. The second kappa shape index (κ2) is 9.97. The van der Waals surface area contributed by atoms with Gasteiger partial charge in [-0.3, -0.25) is 0 Å². The molecule has 9 aromatic rings. The zero-order valence-electron chi connectivity index (χ0n) is 26.8. The molecule has 2 aromatic heterocycles. The van der Waals surface area contributed by atoms with Gasteiger partial charge < -0.3 is 13.9 Å². The number of benzene rings is 7. The molecule has 3 nitrogen and oxygen atoms in total. The van der Waals surface area contributed by atoms with Gasteiger partial charge in [0.1, 0.15) is 11.2 Å². The van der Waals surface area contributed by atoms with E-state index in [1.54, 1.807) is 0 Å². The number of hydrogen-bond donors (Lipinski definition) is 0. The quantitative estimate of drug-likeness (QED) is 0.196. The van der Waals surface area contributed by atoms with E-state index in [0.717, 1.165) is 33.6 Å². The molecule has 0 N–H and O–H groups in total. The van der Waals surface area contributed by atoms with Crippen molar-refractivity contribution >= 4 is 60.8 Å². The summed E-state index contributed by atoms with van der Waals surface area (Å²) >= 11 is 0. The second-order valence-electron chi connectivity index (χ2n) is 13.4. The Kier molecular flexibility index (Phi) is 5.63. The molecule has 48 heavy (non-hydrogen) atoms. The zero-order chi connectivity index (χ0) is 32.0. The summed E-state index contributed by atoms with van der Waals surface area (Å²) in [6.45, 7) is 4.75. The fraction of sp³-hybridized carbons (Fsp3) is 0.0667. The Labute approximate surface area is 278 Å². The molecule has 0 unspecified atom stereocenters. The third-order valence-electron chi connectivity index (χ3n) is 10.4. The number of nitrogens with zero attached hydrogens (tertiary/aromatic N) is 2. The molecule has 0 aliphatic carbocycles. The summed E-state index contributed by atoms with van der Waals surface area (Å²) in [7, 11) is 0. The van der Waals surface area contributed by atoms with E-state index in [9.17, 15) is 0 Å². The average molecular weight is 617 g/mol. The molecule has 0 fully saturated rings. The third-order valence-corrected chi connectivity index (χ3v) is 10.4. The molecule has 3 heterocycles. The van der Waals surface area contributed by atoms with Crippen LogP contribution in [-0.2, 0) is 5.41 Å². The van der Waals surface area contributed by atoms with Crippen LogP contribution in [0.15, 0.2) is 162 Å². The maximum atomic E-state index is 6.61. The zero-order valence-corrected chi connectivity index (χ0v) is 26.8. The van der Waals surface area contributed by atoms with E-state index in [-0.39, 0.29) is 5.41 Å². The molecule has 228 valence electrons. The van der Waals surface area contributed by atoms with Crippen molar-refractivity contribution in [3.05, 3.63) is 169 Å². The Hall–Kier alpha value is -6.06. The molecule has 3 heteroatoms. The molecule has 0 saturated carbocycles. The number of para-hydroxylation sites is 4. The fourth-order valence-electron chi connectivity index (χ4n) is 8.02. The van der Waals surface area contributed by atoms with E-state index < -0.39 is 0 Å². The molecule has 0 atom stereocenters. The van der Waals surface area contributed by atoms with Gasteiger partial charge in [0.25, 0.3) is 0 Å². The molecule has 1 aliphatic rings. The van der Waals surface area contributed by atoms with Crippen molar-refractivity contribution in [2.75, 3.05) is 4.90 Å². The van der Waals surface area contributed by atoms with Crippen LogP contribution in [0.3, 0.4) is 0 Å². The van der Waals surface area contributed by atoms with Crippen LogP contribution in [0.1, 0.15) is 25.0 Å². The molecule has 0 spiro atoms. The normalized spacial score (nSPS) is 13.4. The van der Waals surface area contributed by atoms with Crippen LogP contribution in [-0.4, -0.2) is 4.57 Å². The summed E-state index contributed by atoms with van der Waals surface area (Å²) in [5, 5.41) is 4.77. The molecule has 0 amide bonds. The van der Waals surface area contributed by atoms with Crippen molar-refractivity contribution in [1.82, 2.24) is 4.57 Å². The van der Waals surface area contributed by atoms with Crippen LogP contribution >= 0.6 is 0 Å². The highest BCUT2D eigenvalue weighted by Gasteiger charge is 2.37. The Balaban J connectivity index is 1.15. The lowest BCUT2D eigenvalue weighted by molar-refractivity contribution is 0.630. The lowest BCUT2D eigenvalue weighted by Crippen LogP contribution is -2.26. The minimum Gasteiger partial charge on any atom is -0.455 e. The first kappa shape index (κ1) is 27.1. The van der Waals surface area contributed by atoms with Gasteiger partial charge in [0.2, 0.25) is 0 Å². The summed E-state index contributed by atoms with van der Waals surface area (Å²) in [6, 6.07) is 56.7. The topological polar surface area (TPSA) is 21.3 Å². The van der Waals surface area contributed by atoms with Gasteiger partial charge in [-0.15, -0.1) is 0 Å². The smallest absolute Gasteiger partial charge is 0.145 e. The highest BCUT2D eigenvalue weighted by Crippen LogP contribution is 2.51. The molecule has 0 saturated heterocycles. The first-order valence-corrected chi connectivity index (χ1v) is 16.6. The van der Waals surface area contributed by atoms with E-state index in [2.05, 4.69) is 181 Å². The molecular weight excluding hydrogens is 585 g/mol. The van der Waals surface area contributed by atoms with Gasteiger partial charge in [0, 0.05) is 38.6 Å². The van der Waals surface area contributed by atoms with Gasteiger partial charge in [-0.05, 0) is 89.0 Å². The van der Waals surface area contributed by atoms with Crippen molar-refractivity contribution in [3.8, 4) is 16.8 Å². The highest BCUT2D eigenvalue weighted by atomic mass is 16.3. The number of aromatic nitrogens is 1. The number of fused-ring (bicyclic) bond motifs is 9. The van der Waals surface area contributed by atoms with Gasteiger partial charge in [0.15, 0.2) is 0 Å². The van der Waals surface area contributed by atoms with E-state index in [1.807, 2.05) is 0 Å². The van der Waals surface area contributed by atoms with Crippen molar-refractivity contribution in [1.29, 1.82) is 0 Å². The van der Waals surface area contributed by atoms with Gasteiger partial charge in [0.05, 0.1) is 22.1 Å². The fourth-order valence-corrected chi connectivity index (χ4v) is 8.02. The van der Waals surface area contributed by atoms with Crippen LogP contribution in [0.4, 0.5) is 17.1 Å². The summed E-state index contributed by atoms with van der Waals surface area (Å²) in [4.78, 5) is 2.30. The van der Waals surface area contributed by atoms with Crippen molar-refractivity contribution in [2.24, 2.45) is 0 Å². The summed E-state index contributed by atoms with van der Waals surface area (Å²) in [5.74, 6) is 0. The van der Waals surface area contributed by atoms with Crippen LogP contribution < -0.4 is 4.90 Å². The lowest BCUT2D eigenvalue weighted by atomic mass is 9.73. The van der Waals surface area contributed by atoms with Crippen LogP contribution in [0.25, 0.3) is 60.6 Å². The van der Waals surface area contributed by atoms with Crippen LogP contribution in [0.5, 0.6) is 0 Å². The highest BCUT2D eigenvalue weighted by molar-refractivity contribution is 6.25. The Morgan fingerprint density at radius 2 is 1.12 bits per heavy atom. The van der Waals surface area contributed by atoms with Crippen LogP contribution in [0.2, 0.25) is 0 Å². The van der Waals surface area contributed by atoms with E-state index >= 15 is 0 Å². The lowest BCUT2D eigenvalue weighted by Gasteiger charge is -2.35. The summed E-state index contributed by atoms with van der Waals surface area (Å²) in [5.41, 5.74) is 13.8. The van der Waals surface area contributed by atoms with E-state index in [0.29, 0.717) is 0 Å². The molecular formula is C45H32N2O. The van der Waals surface area contributed by atoms with Crippen molar-refractivity contribution in [2.45, 2.75) is 19.3 Å².